The van der Waals surface area contributed by atoms with E-state index >= 15 is 0 Å². The number of rotatable bonds is 6. The predicted molar refractivity (Wildman–Crippen MR) is 91.9 cm³/mol. The summed E-state index contributed by atoms with van der Waals surface area (Å²) in [5, 5.41) is 5.64. The second kappa shape index (κ2) is 8.71. The summed E-state index contributed by atoms with van der Waals surface area (Å²) < 4.78 is 37.4. The molecule has 0 saturated carbocycles. The third kappa shape index (κ3) is 6.07. The van der Waals surface area contributed by atoms with Crippen LogP contribution >= 0.6 is 11.6 Å². The van der Waals surface area contributed by atoms with Gasteiger partial charge in [-0.2, -0.15) is 13.2 Å². The van der Waals surface area contributed by atoms with Gasteiger partial charge in [0.15, 0.2) is 0 Å². The van der Waals surface area contributed by atoms with Crippen molar-refractivity contribution in [2.24, 2.45) is 0 Å². The van der Waals surface area contributed by atoms with Crippen molar-refractivity contribution in [2.45, 2.75) is 12.6 Å². The van der Waals surface area contributed by atoms with Crippen LogP contribution in [0.25, 0.3) is 0 Å². The topological polar surface area (TPSA) is 58.2 Å². The zero-order chi connectivity index (χ0) is 19.2. The van der Waals surface area contributed by atoms with Crippen LogP contribution in [0.4, 0.5) is 13.2 Å². The average Bonchev–Trinajstić information content (AvgIpc) is 2.61. The summed E-state index contributed by atoms with van der Waals surface area (Å²) in [6.07, 6.45) is -3.85. The van der Waals surface area contributed by atoms with Gasteiger partial charge < -0.3 is 10.6 Å². The molecule has 0 unspecified atom stereocenters. The number of amides is 2. The fourth-order valence-corrected chi connectivity index (χ4v) is 2.26. The normalized spacial score (nSPS) is 11.1. The van der Waals surface area contributed by atoms with Gasteiger partial charge in [-0.05, 0) is 48.4 Å². The van der Waals surface area contributed by atoms with Crippen LogP contribution in [0.5, 0.6) is 0 Å². The Labute approximate surface area is 153 Å². The molecule has 0 bridgehead atoms. The van der Waals surface area contributed by atoms with E-state index in [1.165, 1.54) is 0 Å². The zero-order valence-corrected chi connectivity index (χ0v) is 14.3. The maximum Gasteiger partial charge on any atom is 0.416 e. The number of hydrogen-bond acceptors (Lipinski definition) is 2. The lowest BCUT2D eigenvalue weighted by molar-refractivity contribution is -0.137. The molecule has 2 aromatic rings. The highest BCUT2D eigenvalue weighted by Crippen LogP contribution is 2.29. The lowest BCUT2D eigenvalue weighted by Crippen LogP contribution is -2.37. The molecule has 0 aromatic heterocycles. The van der Waals surface area contributed by atoms with E-state index < -0.39 is 17.6 Å². The van der Waals surface area contributed by atoms with E-state index in [-0.39, 0.29) is 18.0 Å². The summed E-state index contributed by atoms with van der Waals surface area (Å²) in [7, 11) is 0. The molecule has 0 heterocycles. The van der Waals surface area contributed by atoms with Gasteiger partial charge in [-0.3, -0.25) is 9.59 Å². The van der Waals surface area contributed by atoms with Crippen molar-refractivity contribution in [1.82, 2.24) is 10.6 Å². The van der Waals surface area contributed by atoms with Crippen LogP contribution in [0.2, 0.25) is 5.02 Å². The molecule has 2 N–H and O–H groups in total. The first-order valence-electron chi connectivity index (χ1n) is 7.72. The van der Waals surface area contributed by atoms with Crippen LogP contribution in [0.1, 0.15) is 21.5 Å². The monoisotopic (exact) mass is 384 g/mol. The first kappa shape index (κ1) is 19.8. The van der Waals surface area contributed by atoms with E-state index in [2.05, 4.69) is 10.6 Å². The van der Waals surface area contributed by atoms with Gasteiger partial charge in [-0.1, -0.05) is 23.7 Å². The summed E-state index contributed by atoms with van der Waals surface area (Å²) in [4.78, 5) is 23.6. The molecule has 0 atom stereocenters. The standard InChI is InChI=1S/C18H16ClF3N2O2/c19-15-7-1-12(2-8-15)9-10-23-16(25)11-24-17(26)13-3-5-14(6-4-13)18(20,21)22/h1-8H,9-11H2,(H,23,25)(H,24,26). The molecule has 0 aliphatic heterocycles. The smallest absolute Gasteiger partial charge is 0.354 e. The molecule has 0 spiro atoms. The molecule has 2 rings (SSSR count). The summed E-state index contributed by atoms with van der Waals surface area (Å²) in [6, 6.07) is 11.0. The summed E-state index contributed by atoms with van der Waals surface area (Å²) >= 11 is 5.78. The van der Waals surface area contributed by atoms with Crippen LogP contribution in [0.3, 0.4) is 0 Å². The van der Waals surface area contributed by atoms with Gasteiger partial charge in [0.05, 0.1) is 12.1 Å². The van der Waals surface area contributed by atoms with Crippen molar-refractivity contribution >= 4 is 23.4 Å². The van der Waals surface area contributed by atoms with Gasteiger partial charge >= 0.3 is 6.18 Å². The fourth-order valence-electron chi connectivity index (χ4n) is 2.13. The van der Waals surface area contributed by atoms with Crippen molar-refractivity contribution < 1.29 is 22.8 Å². The van der Waals surface area contributed by atoms with Gasteiger partial charge in [0, 0.05) is 17.1 Å². The van der Waals surface area contributed by atoms with Crippen molar-refractivity contribution in [3.63, 3.8) is 0 Å². The second-order valence-electron chi connectivity index (χ2n) is 5.48. The van der Waals surface area contributed by atoms with E-state index in [1.807, 2.05) is 12.1 Å². The molecule has 138 valence electrons. The largest absolute Gasteiger partial charge is 0.416 e. The van der Waals surface area contributed by atoms with Crippen LogP contribution in [-0.4, -0.2) is 24.9 Å². The lowest BCUT2D eigenvalue weighted by Gasteiger charge is -2.09. The summed E-state index contributed by atoms with van der Waals surface area (Å²) in [5.41, 5.74) is 0.212. The van der Waals surface area contributed by atoms with Gasteiger partial charge in [-0.15, -0.1) is 0 Å². The number of carbonyl (C=O) groups is 2. The molecular formula is C18H16ClF3N2O2. The number of halogens is 4. The molecule has 0 radical (unpaired) electrons. The SMILES string of the molecule is O=C(CNC(=O)c1ccc(C(F)(F)F)cc1)NCCc1ccc(Cl)cc1. The molecule has 26 heavy (non-hydrogen) atoms. The van der Waals surface area contributed by atoms with E-state index in [0.717, 1.165) is 29.8 Å². The second-order valence-corrected chi connectivity index (χ2v) is 5.92. The molecule has 4 nitrogen and oxygen atoms in total. The minimum Gasteiger partial charge on any atom is -0.354 e. The third-order valence-electron chi connectivity index (χ3n) is 3.53. The highest BCUT2D eigenvalue weighted by Gasteiger charge is 2.30. The minimum atomic E-state index is -4.46. The van der Waals surface area contributed by atoms with Crippen molar-refractivity contribution in [3.8, 4) is 0 Å². The average molecular weight is 385 g/mol. The predicted octanol–water partition coefficient (Wildman–Crippen LogP) is 3.45. The molecule has 0 aliphatic rings. The molecule has 0 aliphatic carbocycles. The van der Waals surface area contributed by atoms with E-state index in [1.54, 1.807) is 12.1 Å². The first-order chi connectivity index (χ1) is 12.3. The van der Waals surface area contributed by atoms with E-state index in [4.69, 9.17) is 11.6 Å². The number of hydrogen-bond donors (Lipinski definition) is 2. The van der Waals surface area contributed by atoms with Crippen LogP contribution in [0.15, 0.2) is 48.5 Å². The highest BCUT2D eigenvalue weighted by molar-refractivity contribution is 6.30. The van der Waals surface area contributed by atoms with Crippen molar-refractivity contribution in [1.29, 1.82) is 0 Å². The van der Waals surface area contributed by atoms with Gasteiger partial charge in [-0.25, -0.2) is 0 Å². The number of alkyl halides is 3. The minimum absolute atomic E-state index is 0.0481. The number of nitrogens with one attached hydrogen (secondary N) is 2. The maximum atomic E-state index is 12.5. The van der Waals surface area contributed by atoms with Crippen LogP contribution in [-0.2, 0) is 17.4 Å². The van der Waals surface area contributed by atoms with Gasteiger partial charge in [0.2, 0.25) is 5.91 Å². The highest BCUT2D eigenvalue weighted by atomic mass is 35.5. The van der Waals surface area contributed by atoms with Crippen molar-refractivity contribution in [3.05, 3.63) is 70.2 Å². The molecule has 0 saturated heterocycles. The Hall–Kier alpha value is -2.54. The van der Waals surface area contributed by atoms with Crippen LogP contribution in [0, 0.1) is 0 Å². The summed E-state index contributed by atoms with van der Waals surface area (Å²) in [5.74, 6) is -1.01. The third-order valence-corrected chi connectivity index (χ3v) is 3.78. The zero-order valence-electron chi connectivity index (χ0n) is 13.6. The van der Waals surface area contributed by atoms with Gasteiger partial charge in [0.1, 0.15) is 0 Å². The Morgan fingerprint density at radius 2 is 1.54 bits per heavy atom. The molecular weight excluding hydrogens is 369 g/mol. The maximum absolute atomic E-state index is 12.5. The fraction of sp³-hybridized carbons (Fsp3) is 0.222. The van der Waals surface area contributed by atoms with E-state index in [0.29, 0.717) is 18.0 Å². The van der Waals surface area contributed by atoms with Crippen molar-refractivity contribution in [2.75, 3.05) is 13.1 Å². The Balaban J connectivity index is 1.74. The number of benzene rings is 2. The summed E-state index contributed by atoms with van der Waals surface area (Å²) in [6.45, 7) is 0.122. The molecule has 0 fully saturated rings. The van der Waals surface area contributed by atoms with Gasteiger partial charge in [0.25, 0.3) is 5.91 Å². The number of carbonyl (C=O) groups excluding carboxylic acids is 2. The Kier molecular flexibility index (Phi) is 6.63. The Morgan fingerprint density at radius 1 is 0.923 bits per heavy atom. The Morgan fingerprint density at radius 3 is 2.12 bits per heavy atom. The van der Waals surface area contributed by atoms with E-state index in [9.17, 15) is 22.8 Å². The molecule has 8 heteroatoms. The van der Waals surface area contributed by atoms with Crippen LogP contribution < -0.4 is 10.6 Å². The quantitative estimate of drug-likeness (QED) is 0.801. The molecule has 2 amide bonds. The molecule has 2 aromatic carbocycles. The Bertz CT molecular complexity index is 760. The lowest BCUT2D eigenvalue weighted by atomic mass is 10.1. The first-order valence-corrected chi connectivity index (χ1v) is 8.10.